The van der Waals surface area contributed by atoms with Crippen LogP contribution in [0.3, 0.4) is 0 Å². The van der Waals surface area contributed by atoms with Crippen molar-refractivity contribution in [3.63, 3.8) is 0 Å². The molecule has 0 aliphatic carbocycles. The first-order chi connectivity index (χ1) is 9.47. The van der Waals surface area contributed by atoms with E-state index in [1.54, 1.807) is 13.0 Å². The van der Waals surface area contributed by atoms with Gasteiger partial charge in [0.1, 0.15) is 16.5 Å². The molecule has 0 spiro atoms. The maximum Gasteiger partial charge on any atom is 0.287 e. The number of nitro groups is 1. The van der Waals surface area contributed by atoms with Gasteiger partial charge in [0.2, 0.25) is 0 Å². The number of hydrogen-bond acceptors (Lipinski definition) is 5. The lowest BCUT2D eigenvalue weighted by molar-refractivity contribution is -0.384. The minimum atomic E-state index is -0.609. The smallest absolute Gasteiger partial charge is 0.287 e. The van der Waals surface area contributed by atoms with E-state index in [0.29, 0.717) is 11.5 Å². The van der Waals surface area contributed by atoms with Gasteiger partial charge in [-0.15, -0.1) is 0 Å². The van der Waals surface area contributed by atoms with E-state index in [9.17, 15) is 14.9 Å². The number of benzene rings is 1. The van der Waals surface area contributed by atoms with E-state index in [-0.39, 0.29) is 22.8 Å². The summed E-state index contributed by atoms with van der Waals surface area (Å²) in [6.07, 6.45) is 0. The normalized spacial score (nSPS) is 10.3. The van der Waals surface area contributed by atoms with Crippen molar-refractivity contribution in [1.82, 2.24) is 10.5 Å². The van der Waals surface area contributed by atoms with Gasteiger partial charge in [-0.25, -0.2) is 0 Å². The van der Waals surface area contributed by atoms with Crippen molar-refractivity contribution in [3.05, 3.63) is 56.4 Å². The molecule has 2 aromatic rings. The summed E-state index contributed by atoms with van der Waals surface area (Å²) in [7, 11) is 0. The highest BCUT2D eigenvalue weighted by molar-refractivity contribution is 6.33. The fraction of sp³-hybridized carbons (Fsp3) is 0.167. The minimum absolute atomic E-state index is 0.0834. The molecular formula is C12H10ClN3O4. The van der Waals surface area contributed by atoms with Gasteiger partial charge in [0, 0.05) is 17.7 Å². The molecule has 0 atom stereocenters. The first-order valence-electron chi connectivity index (χ1n) is 5.61. The van der Waals surface area contributed by atoms with Crippen LogP contribution in [-0.2, 0) is 6.54 Å². The number of nitrogens with one attached hydrogen (secondary N) is 1. The number of hydrogen-bond donors (Lipinski definition) is 1. The fourth-order valence-electron chi connectivity index (χ4n) is 1.57. The van der Waals surface area contributed by atoms with E-state index in [0.717, 1.165) is 0 Å². The summed E-state index contributed by atoms with van der Waals surface area (Å²) in [5.74, 6) is 0.245. The highest BCUT2D eigenvalue weighted by Gasteiger charge is 2.15. The Kier molecular flexibility index (Phi) is 3.99. The molecule has 1 aromatic carbocycles. The van der Waals surface area contributed by atoms with E-state index in [1.807, 2.05) is 0 Å². The van der Waals surface area contributed by atoms with Crippen LogP contribution in [0.5, 0.6) is 0 Å². The summed E-state index contributed by atoms with van der Waals surface area (Å²) in [6, 6.07) is 5.48. The van der Waals surface area contributed by atoms with Gasteiger partial charge in [-0.1, -0.05) is 16.8 Å². The summed E-state index contributed by atoms with van der Waals surface area (Å²) in [5, 5.41) is 16.9. The number of carbonyl (C=O) groups excluding carboxylic acids is 1. The van der Waals surface area contributed by atoms with Crippen molar-refractivity contribution in [2.45, 2.75) is 13.5 Å². The van der Waals surface area contributed by atoms with E-state index in [2.05, 4.69) is 10.5 Å². The second-order valence-corrected chi connectivity index (χ2v) is 4.44. The van der Waals surface area contributed by atoms with Crippen molar-refractivity contribution in [1.29, 1.82) is 0 Å². The van der Waals surface area contributed by atoms with E-state index in [4.69, 9.17) is 16.1 Å². The second-order valence-electron chi connectivity index (χ2n) is 4.03. The molecule has 1 aromatic heterocycles. The third-order valence-corrected chi connectivity index (χ3v) is 2.82. The number of rotatable bonds is 4. The van der Waals surface area contributed by atoms with Gasteiger partial charge in [-0.05, 0) is 19.1 Å². The Morgan fingerprint density at radius 1 is 1.50 bits per heavy atom. The Labute approximate surface area is 118 Å². The average Bonchev–Trinajstić information content (AvgIpc) is 2.81. The van der Waals surface area contributed by atoms with Gasteiger partial charge in [0.15, 0.2) is 0 Å². The van der Waals surface area contributed by atoms with Crippen molar-refractivity contribution in [3.8, 4) is 0 Å². The molecule has 1 heterocycles. The Hall–Kier alpha value is -2.41. The zero-order valence-corrected chi connectivity index (χ0v) is 11.2. The van der Waals surface area contributed by atoms with Crippen LogP contribution in [0.1, 0.15) is 21.8 Å². The number of nitro benzene ring substituents is 1. The standard InChI is InChI=1S/C12H10ClN3O4/c1-7-4-9(15-20-7)6-14-12(17)8-2-3-11(16(18)19)10(13)5-8/h2-5H,6H2,1H3,(H,14,17). The Morgan fingerprint density at radius 3 is 2.80 bits per heavy atom. The number of halogens is 1. The zero-order chi connectivity index (χ0) is 14.7. The topological polar surface area (TPSA) is 98.3 Å². The lowest BCUT2D eigenvalue weighted by atomic mass is 10.2. The molecule has 0 saturated heterocycles. The largest absolute Gasteiger partial charge is 0.361 e. The number of aryl methyl sites for hydroxylation is 1. The van der Waals surface area contributed by atoms with E-state index < -0.39 is 10.8 Å². The second kappa shape index (κ2) is 5.70. The maximum absolute atomic E-state index is 11.9. The third kappa shape index (κ3) is 3.12. The van der Waals surface area contributed by atoms with E-state index in [1.165, 1.54) is 18.2 Å². The first-order valence-corrected chi connectivity index (χ1v) is 5.99. The fourth-order valence-corrected chi connectivity index (χ4v) is 1.82. The van der Waals surface area contributed by atoms with Gasteiger partial charge in [-0.2, -0.15) is 0 Å². The molecule has 0 radical (unpaired) electrons. The van der Waals surface area contributed by atoms with Crippen LogP contribution in [0.4, 0.5) is 5.69 Å². The lowest BCUT2D eigenvalue weighted by Gasteiger charge is -2.03. The number of amides is 1. The van der Waals surface area contributed by atoms with Crippen LogP contribution < -0.4 is 5.32 Å². The predicted molar refractivity (Wildman–Crippen MR) is 70.5 cm³/mol. The minimum Gasteiger partial charge on any atom is -0.361 e. The van der Waals surface area contributed by atoms with Gasteiger partial charge in [0.25, 0.3) is 11.6 Å². The molecule has 0 bridgehead atoms. The van der Waals surface area contributed by atoms with Crippen LogP contribution in [0.2, 0.25) is 5.02 Å². The Balaban J connectivity index is 2.06. The molecule has 2 rings (SSSR count). The molecule has 1 amide bonds. The van der Waals surface area contributed by atoms with Gasteiger partial charge >= 0.3 is 0 Å². The van der Waals surface area contributed by atoms with Gasteiger partial charge < -0.3 is 9.84 Å². The monoisotopic (exact) mass is 295 g/mol. The van der Waals surface area contributed by atoms with Gasteiger partial charge in [-0.3, -0.25) is 14.9 Å². The molecule has 8 heteroatoms. The molecule has 20 heavy (non-hydrogen) atoms. The molecule has 104 valence electrons. The summed E-state index contributed by atoms with van der Waals surface area (Å²) >= 11 is 5.74. The van der Waals surface area contributed by atoms with E-state index >= 15 is 0 Å². The average molecular weight is 296 g/mol. The van der Waals surface area contributed by atoms with Crippen molar-refractivity contribution >= 4 is 23.2 Å². The zero-order valence-electron chi connectivity index (χ0n) is 10.4. The molecule has 0 unspecified atom stereocenters. The third-order valence-electron chi connectivity index (χ3n) is 2.51. The Bertz CT molecular complexity index is 668. The summed E-state index contributed by atoms with van der Waals surface area (Å²) < 4.78 is 4.87. The van der Waals surface area contributed by atoms with Gasteiger partial charge in [0.05, 0.1) is 11.5 Å². The number of carbonyl (C=O) groups is 1. The molecule has 0 aliphatic heterocycles. The number of aromatic nitrogens is 1. The van der Waals surface area contributed by atoms with Crippen LogP contribution in [0.25, 0.3) is 0 Å². The molecule has 0 aliphatic rings. The summed E-state index contributed by atoms with van der Waals surface area (Å²) in [5.41, 5.74) is 0.583. The summed E-state index contributed by atoms with van der Waals surface area (Å²) in [4.78, 5) is 21.9. The first kappa shape index (κ1) is 14.0. The van der Waals surface area contributed by atoms with Crippen LogP contribution in [-0.4, -0.2) is 16.0 Å². The molecule has 0 fully saturated rings. The molecular weight excluding hydrogens is 286 g/mol. The highest BCUT2D eigenvalue weighted by atomic mass is 35.5. The van der Waals surface area contributed by atoms with Crippen LogP contribution in [0.15, 0.2) is 28.8 Å². The van der Waals surface area contributed by atoms with Crippen molar-refractivity contribution in [2.24, 2.45) is 0 Å². The molecule has 7 nitrogen and oxygen atoms in total. The molecule has 1 N–H and O–H groups in total. The predicted octanol–water partition coefficient (Wildman–Crippen LogP) is 2.47. The summed E-state index contributed by atoms with van der Waals surface area (Å²) in [6.45, 7) is 1.94. The van der Waals surface area contributed by atoms with Crippen molar-refractivity contribution in [2.75, 3.05) is 0 Å². The van der Waals surface area contributed by atoms with Crippen LogP contribution in [0, 0.1) is 17.0 Å². The van der Waals surface area contributed by atoms with Crippen molar-refractivity contribution < 1.29 is 14.2 Å². The highest BCUT2D eigenvalue weighted by Crippen LogP contribution is 2.24. The Morgan fingerprint density at radius 2 is 2.25 bits per heavy atom. The quantitative estimate of drug-likeness (QED) is 0.690. The SMILES string of the molecule is Cc1cc(CNC(=O)c2ccc([N+](=O)[O-])c(Cl)c2)no1. The maximum atomic E-state index is 11.9. The van der Waals surface area contributed by atoms with Crippen LogP contribution >= 0.6 is 11.6 Å². The lowest BCUT2D eigenvalue weighted by Crippen LogP contribution is -2.22. The number of nitrogens with zero attached hydrogens (tertiary/aromatic N) is 2. The molecule has 0 saturated carbocycles.